The maximum atomic E-state index is 10.8. The van der Waals surface area contributed by atoms with Gasteiger partial charge in [-0.05, 0) is 42.2 Å². The van der Waals surface area contributed by atoms with Gasteiger partial charge < -0.3 is 5.11 Å². The number of aromatic nitrogens is 3. The number of fused-ring (bicyclic) bond motifs is 1. The Hall–Kier alpha value is -2.27. The van der Waals surface area contributed by atoms with E-state index in [2.05, 4.69) is 37.5 Å². The first-order valence-corrected chi connectivity index (χ1v) is 9.23. The molecule has 0 amide bonds. The van der Waals surface area contributed by atoms with Crippen molar-refractivity contribution in [3.63, 3.8) is 0 Å². The standard InChI is InChI=1S/C20H23N3OS/c1-6-9-25-14-7-8-16-17(12-14)22-23(21-16)18-11-13(2)10-15(19(18)24)20(3,4)5/h6-8,10-12,24H,1,9H2,2-5H3. The van der Waals surface area contributed by atoms with Crippen molar-refractivity contribution in [2.24, 2.45) is 0 Å². The van der Waals surface area contributed by atoms with E-state index in [1.54, 1.807) is 11.8 Å². The average molecular weight is 353 g/mol. The fourth-order valence-corrected chi connectivity index (χ4v) is 3.40. The average Bonchev–Trinajstić information content (AvgIpc) is 2.96. The summed E-state index contributed by atoms with van der Waals surface area (Å²) in [5.74, 6) is 1.09. The van der Waals surface area contributed by atoms with Gasteiger partial charge in [0.1, 0.15) is 22.5 Å². The number of hydrogen-bond acceptors (Lipinski definition) is 4. The predicted molar refractivity (Wildman–Crippen MR) is 105 cm³/mol. The van der Waals surface area contributed by atoms with E-state index in [1.165, 1.54) is 4.80 Å². The lowest BCUT2D eigenvalue weighted by atomic mass is 9.85. The van der Waals surface area contributed by atoms with E-state index in [4.69, 9.17) is 0 Å². The minimum Gasteiger partial charge on any atom is -0.505 e. The Morgan fingerprint density at radius 3 is 2.56 bits per heavy atom. The van der Waals surface area contributed by atoms with Crippen molar-refractivity contribution >= 4 is 22.8 Å². The van der Waals surface area contributed by atoms with Crippen molar-refractivity contribution in [1.82, 2.24) is 15.0 Å². The van der Waals surface area contributed by atoms with Crippen molar-refractivity contribution in [1.29, 1.82) is 0 Å². The predicted octanol–water partition coefficient (Wildman–Crippen LogP) is 5.01. The molecule has 0 bridgehead atoms. The van der Waals surface area contributed by atoms with Crippen molar-refractivity contribution in [3.8, 4) is 11.4 Å². The van der Waals surface area contributed by atoms with Gasteiger partial charge in [-0.2, -0.15) is 0 Å². The zero-order valence-electron chi connectivity index (χ0n) is 15.1. The Bertz CT molecular complexity index is 938. The van der Waals surface area contributed by atoms with Crippen LogP contribution in [0.3, 0.4) is 0 Å². The molecule has 3 rings (SSSR count). The molecular formula is C20H23N3OS. The molecule has 0 unspecified atom stereocenters. The first-order valence-electron chi connectivity index (χ1n) is 8.25. The van der Waals surface area contributed by atoms with E-state index in [1.807, 2.05) is 43.3 Å². The molecular weight excluding hydrogens is 330 g/mol. The molecule has 0 radical (unpaired) electrons. The van der Waals surface area contributed by atoms with E-state index in [0.717, 1.165) is 32.8 Å². The van der Waals surface area contributed by atoms with Crippen molar-refractivity contribution < 1.29 is 5.11 Å². The fourth-order valence-electron chi connectivity index (χ4n) is 2.73. The van der Waals surface area contributed by atoms with Gasteiger partial charge in [-0.15, -0.1) is 33.3 Å². The molecule has 0 spiro atoms. The largest absolute Gasteiger partial charge is 0.505 e. The number of phenols is 1. The monoisotopic (exact) mass is 353 g/mol. The summed E-state index contributed by atoms with van der Waals surface area (Å²) in [6.07, 6.45) is 1.88. The number of hydrogen-bond donors (Lipinski definition) is 1. The Kier molecular flexibility index (Phi) is 4.60. The highest BCUT2D eigenvalue weighted by atomic mass is 32.2. The quantitative estimate of drug-likeness (QED) is 0.529. The van der Waals surface area contributed by atoms with Crippen LogP contribution in [0, 0.1) is 6.92 Å². The van der Waals surface area contributed by atoms with Crippen LogP contribution in [0.25, 0.3) is 16.7 Å². The number of nitrogens with zero attached hydrogens (tertiary/aromatic N) is 3. The van der Waals surface area contributed by atoms with Crippen LogP contribution < -0.4 is 0 Å². The highest BCUT2D eigenvalue weighted by molar-refractivity contribution is 7.99. The summed E-state index contributed by atoms with van der Waals surface area (Å²) in [7, 11) is 0. The van der Waals surface area contributed by atoms with Gasteiger partial charge in [0.2, 0.25) is 0 Å². The summed E-state index contributed by atoms with van der Waals surface area (Å²) in [6, 6.07) is 9.95. The fraction of sp³-hybridized carbons (Fsp3) is 0.300. The molecule has 0 aliphatic heterocycles. The topological polar surface area (TPSA) is 50.9 Å². The van der Waals surface area contributed by atoms with Crippen molar-refractivity contribution in [2.45, 2.75) is 38.0 Å². The van der Waals surface area contributed by atoms with Crippen molar-refractivity contribution in [2.75, 3.05) is 5.75 Å². The zero-order chi connectivity index (χ0) is 18.2. The van der Waals surface area contributed by atoms with Gasteiger partial charge >= 0.3 is 0 Å². The second-order valence-electron chi connectivity index (χ2n) is 7.17. The molecule has 4 nitrogen and oxygen atoms in total. The van der Waals surface area contributed by atoms with Gasteiger partial charge in [-0.25, -0.2) is 0 Å². The minimum absolute atomic E-state index is 0.161. The van der Waals surface area contributed by atoms with Gasteiger partial charge in [0.05, 0.1) is 0 Å². The first kappa shape index (κ1) is 17.5. The van der Waals surface area contributed by atoms with E-state index >= 15 is 0 Å². The lowest BCUT2D eigenvalue weighted by Gasteiger charge is -2.22. The van der Waals surface area contributed by atoms with E-state index in [9.17, 15) is 5.11 Å². The van der Waals surface area contributed by atoms with Crippen LogP contribution >= 0.6 is 11.8 Å². The molecule has 1 aromatic heterocycles. The molecule has 0 aliphatic rings. The van der Waals surface area contributed by atoms with Crippen molar-refractivity contribution in [3.05, 3.63) is 54.1 Å². The second kappa shape index (κ2) is 6.56. The summed E-state index contributed by atoms with van der Waals surface area (Å²) in [5, 5.41) is 19.9. The van der Waals surface area contributed by atoms with Crippen LogP contribution in [0.5, 0.6) is 5.75 Å². The maximum Gasteiger partial charge on any atom is 0.146 e. The zero-order valence-corrected chi connectivity index (χ0v) is 15.9. The Labute approximate surface area is 152 Å². The molecule has 25 heavy (non-hydrogen) atoms. The molecule has 5 heteroatoms. The normalized spacial score (nSPS) is 11.8. The number of aromatic hydroxyl groups is 1. The molecule has 0 aliphatic carbocycles. The Balaban J connectivity index is 2.10. The van der Waals surface area contributed by atoms with Gasteiger partial charge in [0.15, 0.2) is 0 Å². The van der Waals surface area contributed by atoms with Crippen LogP contribution in [0.2, 0.25) is 0 Å². The molecule has 1 heterocycles. The van der Waals surface area contributed by atoms with E-state index in [0.29, 0.717) is 5.69 Å². The molecule has 130 valence electrons. The van der Waals surface area contributed by atoms with Crippen LogP contribution in [0.15, 0.2) is 47.9 Å². The maximum absolute atomic E-state index is 10.8. The van der Waals surface area contributed by atoms with Crippen LogP contribution in [-0.4, -0.2) is 25.9 Å². The summed E-state index contributed by atoms with van der Waals surface area (Å²) in [6.45, 7) is 12.0. The van der Waals surface area contributed by atoms with Gasteiger partial charge in [-0.3, -0.25) is 0 Å². The lowest BCUT2D eigenvalue weighted by Crippen LogP contribution is -2.13. The SMILES string of the molecule is C=CCSc1ccc2nn(-c3cc(C)cc(C(C)(C)C)c3O)nc2c1. The Morgan fingerprint density at radius 2 is 1.88 bits per heavy atom. The summed E-state index contributed by atoms with van der Waals surface area (Å²) < 4.78 is 0. The number of benzene rings is 2. The molecule has 0 atom stereocenters. The highest BCUT2D eigenvalue weighted by Gasteiger charge is 2.22. The summed E-state index contributed by atoms with van der Waals surface area (Å²) in [5.41, 5.74) is 4.04. The summed E-state index contributed by atoms with van der Waals surface area (Å²) >= 11 is 1.71. The van der Waals surface area contributed by atoms with Crippen LogP contribution in [-0.2, 0) is 5.41 Å². The van der Waals surface area contributed by atoms with Gasteiger partial charge in [0.25, 0.3) is 0 Å². The second-order valence-corrected chi connectivity index (χ2v) is 8.26. The molecule has 0 fully saturated rings. The van der Waals surface area contributed by atoms with Gasteiger partial charge in [0, 0.05) is 16.2 Å². The van der Waals surface area contributed by atoms with Crippen LogP contribution in [0.4, 0.5) is 0 Å². The van der Waals surface area contributed by atoms with Crippen LogP contribution in [0.1, 0.15) is 31.9 Å². The molecule has 2 aromatic carbocycles. The number of aryl methyl sites for hydroxylation is 1. The lowest BCUT2D eigenvalue weighted by molar-refractivity contribution is 0.440. The first-order chi connectivity index (χ1) is 11.8. The summed E-state index contributed by atoms with van der Waals surface area (Å²) in [4.78, 5) is 2.66. The number of thioether (sulfide) groups is 1. The molecule has 3 aromatic rings. The third-order valence-electron chi connectivity index (χ3n) is 3.98. The third kappa shape index (κ3) is 3.56. The minimum atomic E-state index is -0.161. The number of phenolic OH excluding ortho intramolecular Hbond substituents is 1. The smallest absolute Gasteiger partial charge is 0.146 e. The Morgan fingerprint density at radius 1 is 1.16 bits per heavy atom. The number of rotatable bonds is 4. The highest BCUT2D eigenvalue weighted by Crippen LogP contribution is 2.36. The van der Waals surface area contributed by atoms with E-state index in [-0.39, 0.29) is 11.2 Å². The van der Waals surface area contributed by atoms with Gasteiger partial charge in [-0.1, -0.05) is 32.9 Å². The molecule has 0 saturated carbocycles. The molecule has 0 saturated heterocycles. The third-order valence-corrected chi connectivity index (χ3v) is 4.97. The molecule has 1 N–H and O–H groups in total. The van der Waals surface area contributed by atoms with E-state index < -0.39 is 0 Å².